The van der Waals surface area contributed by atoms with Gasteiger partial charge in [0.25, 0.3) is 12.5 Å². The summed E-state index contributed by atoms with van der Waals surface area (Å²) in [4.78, 5) is 16.7. The highest BCUT2D eigenvalue weighted by molar-refractivity contribution is 7.89. The third-order valence-corrected chi connectivity index (χ3v) is 5.37. The molecule has 0 radical (unpaired) electrons. The average molecular weight is 396 g/mol. The highest BCUT2D eigenvalue weighted by Gasteiger charge is 2.36. The smallest absolute Gasteiger partial charge is 0.416 e. The van der Waals surface area contributed by atoms with Gasteiger partial charge in [0, 0.05) is 13.1 Å². The summed E-state index contributed by atoms with van der Waals surface area (Å²) in [5.74, 6) is -0.692. The summed E-state index contributed by atoms with van der Waals surface area (Å²) in [7, 11) is -3.11. The van der Waals surface area contributed by atoms with Crippen molar-refractivity contribution in [3.8, 4) is 0 Å². The first-order valence-corrected chi connectivity index (χ1v) is 8.63. The number of hydrogen-bond acceptors (Lipinski definition) is 6. The standard InChI is InChI=1S/C13H15F3N4O5S/c1-25-17-20(22)8-12(21)18-5-6-19(9-18)26(23,24)11-4-2-3-10(7-11)13(14,15)16/h2-4,7H,5-6,8-9H2,1H3/b20-17+. The van der Waals surface area contributed by atoms with Crippen LogP contribution in [0.25, 0.3) is 0 Å². The zero-order valence-corrected chi connectivity index (χ0v) is 14.3. The average Bonchev–Trinajstić information content (AvgIpc) is 3.05. The predicted molar refractivity (Wildman–Crippen MR) is 79.8 cm³/mol. The first-order chi connectivity index (χ1) is 12.1. The molecule has 0 unspecified atom stereocenters. The number of carbonyl (C=O) groups excluding carboxylic acids is 1. The van der Waals surface area contributed by atoms with E-state index in [1.807, 2.05) is 0 Å². The Bertz CT molecular complexity index is 812. The van der Waals surface area contributed by atoms with E-state index in [1.54, 1.807) is 0 Å². The van der Waals surface area contributed by atoms with Crippen LogP contribution in [0.5, 0.6) is 0 Å². The van der Waals surface area contributed by atoms with Crippen molar-refractivity contribution in [1.82, 2.24) is 9.21 Å². The lowest BCUT2D eigenvalue weighted by molar-refractivity contribution is -0.547. The number of carbonyl (C=O) groups is 1. The molecular formula is C13H15F3N4O5S. The fraction of sp³-hybridized carbons (Fsp3) is 0.462. The summed E-state index contributed by atoms with van der Waals surface area (Å²) in [6, 6.07) is 3.35. The third kappa shape index (κ3) is 4.40. The minimum absolute atomic E-state index is 0.00214. The lowest BCUT2D eigenvalue weighted by atomic mass is 10.2. The Balaban J connectivity index is 2.14. The predicted octanol–water partition coefficient (Wildman–Crippen LogP) is 1.02. The van der Waals surface area contributed by atoms with Crippen LogP contribution in [-0.4, -0.2) is 61.8 Å². The van der Waals surface area contributed by atoms with Gasteiger partial charge in [-0.1, -0.05) is 6.07 Å². The molecule has 1 fully saturated rings. The molecule has 13 heteroatoms. The molecule has 0 saturated carbocycles. The lowest BCUT2D eigenvalue weighted by Gasteiger charge is -2.18. The van der Waals surface area contributed by atoms with Gasteiger partial charge in [-0.25, -0.2) is 8.42 Å². The van der Waals surface area contributed by atoms with Gasteiger partial charge >= 0.3 is 6.18 Å². The van der Waals surface area contributed by atoms with E-state index in [1.165, 1.54) is 0 Å². The fourth-order valence-electron chi connectivity index (χ4n) is 2.28. The van der Waals surface area contributed by atoms with E-state index >= 15 is 0 Å². The van der Waals surface area contributed by atoms with Crippen LogP contribution in [-0.2, 0) is 25.8 Å². The molecule has 1 aliphatic heterocycles. The summed E-state index contributed by atoms with van der Waals surface area (Å²) >= 11 is 0. The van der Waals surface area contributed by atoms with Crippen molar-refractivity contribution in [2.24, 2.45) is 5.28 Å². The van der Waals surface area contributed by atoms with Gasteiger partial charge in [0.1, 0.15) is 7.11 Å². The largest absolute Gasteiger partial charge is 0.597 e. The van der Waals surface area contributed by atoms with E-state index in [9.17, 15) is 31.6 Å². The van der Waals surface area contributed by atoms with Gasteiger partial charge in [-0.2, -0.15) is 17.5 Å². The normalized spacial score (nSPS) is 16.8. The number of nitrogens with zero attached hydrogens (tertiary/aromatic N) is 4. The molecule has 2 rings (SSSR count). The molecule has 0 atom stereocenters. The number of halogens is 3. The Hall–Kier alpha value is -2.41. The van der Waals surface area contributed by atoms with Crippen LogP contribution in [0, 0.1) is 5.21 Å². The van der Waals surface area contributed by atoms with Gasteiger partial charge in [-0.05, 0) is 23.1 Å². The maximum absolute atomic E-state index is 12.8. The van der Waals surface area contributed by atoms with Crippen molar-refractivity contribution in [1.29, 1.82) is 0 Å². The van der Waals surface area contributed by atoms with Crippen LogP contribution < -0.4 is 0 Å². The Morgan fingerprint density at radius 3 is 2.69 bits per heavy atom. The fourth-order valence-corrected chi connectivity index (χ4v) is 3.72. The molecule has 0 spiro atoms. The van der Waals surface area contributed by atoms with E-state index in [4.69, 9.17) is 0 Å². The zero-order valence-electron chi connectivity index (χ0n) is 13.5. The first-order valence-electron chi connectivity index (χ1n) is 7.19. The molecule has 0 N–H and O–H groups in total. The van der Waals surface area contributed by atoms with Gasteiger partial charge in [0.2, 0.25) is 10.0 Å². The Morgan fingerprint density at radius 2 is 2.08 bits per heavy atom. The van der Waals surface area contributed by atoms with Gasteiger partial charge in [0.15, 0.2) is 5.28 Å². The number of sulfonamides is 1. The maximum Gasteiger partial charge on any atom is 0.416 e. The van der Waals surface area contributed by atoms with Gasteiger partial charge in [-0.3, -0.25) is 4.79 Å². The molecule has 1 aliphatic rings. The Kier molecular flexibility index (Phi) is 5.71. The molecule has 1 aromatic rings. The molecule has 1 aromatic carbocycles. The number of alkyl halides is 3. The molecule has 1 heterocycles. The number of hydrogen-bond donors (Lipinski definition) is 0. The van der Waals surface area contributed by atoms with Crippen molar-refractivity contribution in [3.63, 3.8) is 0 Å². The third-order valence-electron chi connectivity index (χ3n) is 3.54. The van der Waals surface area contributed by atoms with Crippen molar-refractivity contribution in [3.05, 3.63) is 35.0 Å². The van der Waals surface area contributed by atoms with Crippen LogP contribution in [0.1, 0.15) is 5.56 Å². The van der Waals surface area contributed by atoms with Gasteiger partial charge in [-0.15, -0.1) is 0 Å². The second-order valence-electron chi connectivity index (χ2n) is 5.28. The zero-order chi connectivity index (χ0) is 19.5. The van der Waals surface area contributed by atoms with Crippen LogP contribution in [0.15, 0.2) is 34.4 Å². The van der Waals surface area contributed by atoms with Crippen LogP contribution in [0.4, 0.5) is 13.2 Å². The summed E-state index contributed by atoms with van der Waals surface area (Å²) < 4.78 is 64.2. The highest BCUT2D eigenvalue weighted by atomic mass is 32.2. The Labute approximate surface area is 146 Å². The van der Waals surface area contributed by atoms with Crippen molar-refractivity contribution < 1.29 is 36.1 Å². The maximum atomic E-state index is 12.8. The molecule has 1 saturated heterocycles. The molecular weight excluding hydrogens is 381 g/mol. The molecule has 26 heavy (non-hydrogen) atoms. The second-order valence-corrected chi connectivity index (χ2v) is 7.22. The quantitative estimate of drug-likeness (QED) is 0.420. The van der Waals surface area contributed by atoms with Crippen molar-refractivity contribution in [2.45, 2.75) is 11.1 Å². The van der Waals surface area contributed by atoms with Crippen LogP contribution >= 0.6 is 0 Å². The van der Waals surface area contributed by atoms with E-state index in [0.717, 1.165) is 34.5 Å². The van der Waals surface area contributed by atoms with Crippen molar-refractivity contribution in [2.75, 3.05) is 33.4 Å². The second kappa shape index (κ2) is 7.45. The highest BCUT2D eigenvalue weighted by Crippen LogP contribution is 2.31. The number of hydroxylamine groups is 1. The molecule has 0 bridgehead atoms. The Morgan fingerprint density at radius 1 is 1.38 bits per heavy atom. The molecule has 0 aliphatic carbocycles. The molecule has 9 nitrogen and oxygen atoms in total. The topological polar surface area (TPSA) is 105 Å². The monoisotopic (exact) mass is 396 g/mol. The minimum Gasteiger partial charge on any atom is -0.597 e. The summed E-state index contributed by atoms with van der Waals surface area (Å²) in [5, 5.41) is 14.2. The lowest BCUT2D eigenvalue weighted by Crippen LogP contribution is -2.37. The molecule has 1 amide bonds. The van der Waals surface area contributed by atoms with Gasteiger partial charge < -0.3 is 14.9 Å². The summed E-state index contributed by atoms with van der Waals surface area (Å²) in [5.41, 5.74) is -1.09. The van der Waals surface area contributed by atoms with Gasteiger partial charge in [0.05, 0.1) is 17.1 Å². The van der Waals surface area contributed by atoms with Crippen LogP contribution in [0.3, 0.4) is 0 Å². The number of rotatable bonds is 5. The summed E-state index contributed by atoms with van der Waals surface area (Å²) in [6.45, 7) is -1.16. The summed E-state index contributed by atoms with van der Waals surface area (Å²) in [6.07, 6.45) is -4.68. The van der Waals surface area contributed by atoms with E-state index < -0.39 is 39.1 Å². The number of benzene rings is 1. The molecule has 144 valence electrons. The molecule has 0 aromatic heterocycles. The SMILES string of the molecule is CO/N=[N+](/[O-])CC(=O)N1CCN(S(=O)(=O)c2cccc(C(F)(F)F)c2)C1. The van der Waals surface area contributed by atoms with E-state index in [-0.39, 0.29) is 24.6 Å². The van der Waals surface area contributed by atoms with E-state index in [2.05, 4.69) is 10.1 Å². The first kappa shape index (κ1) is 19.9. The minimum atomic E-state index is -4.68. The van der Waals surface area contributed by atoms with Crippen LogP contribution in [0.2, 0.25) is 0 Å². The van der Waals surface area contributed by atoms with E-state index in [0.29, 0.717) is 6.07 Å². The van der Waals surface area contributed by atoms with Crippen molar-refractivity contribution >= 4 is 15.9 Å². The number of amides is 1.